The van der Waals surface area contributed by atoms with Crippen LogP contribution in [0.2, 0.25) is 5.02 Å². The smallest absolute Gasteiger partial charge is 0.226 e. The van der Waals surface area contributed by atoms with E-state index in [2.05, 4.69) is 4.98 Å². The number of rotatable bonds is 4. The van der Waals surface area contributed by atoms with E-state index in [0.29, 0.717) is 29.3 Å². The third-order valence-corrected chi connectivity index (χ3v) is 2.86. The number of nitrogens with zero attached hydrogens (tertiary/aromatic N) is 1. The second kappa shape index (κ2) is 5.50. The molecule has 0 fully saturated rings. The third kappa shape index (κ3) is 2.54. The highest BCUT2D eigenvalue weighted by Crippen LogP contribution is 2.26. The number of aliphatic hydroxyl groups excluding tert-OH is 1. The van der Waals surface area contributed by atoms with Crippen molar-refractivity contribution in [3.05, 3.63) is 40.5 Å². The predicted octanol–water partition coefficient (Wildman–Crippen LogP) is 3.58. The van der Waals surface area contributed by atoms with E-state index in [-0.39, 0.29) is 11.6 Å². The number of hydrogen-bond donors (Lipinski definition) is 1. The Morgan fingerprint density at radius 1 is 1.44 bits per heavy atom. The highest BCUT2D eigenvalue weighted by atomic mass is 35.5. The van der Waals surface area contributed by atoms with Crippen molar-refractivity contribution >= 4 is 11.6 Å². The lowest BCUT2D eigenvalue weighted by Gasteiger charge is -1.97. The van der Waals surface area contributed by atoms with Gasteiger partial charge in [0.2, 0.25) is 5.89 Å². The van der Waals surface area contributed by atoms with E-state index in [1.165, 1.54) is 12.1 Å². The Hall–Kier alpha value is -1.39. The quantitative estimate of drug-likeness (QED) is 0.923. The first kappa shape index (κ1) is 13.1. The van der Waals surface area contributed by atoms with E-state index < -0.39 is 5.82 Å². The first-order chi connectivity index (χ1) is 8.65. The minimum Gasteiger partial charge on any atom is -0.441 e. The van der Waals surface area contributed by atoms with Gasteiger partial charge in [0, 0.05) is 12.0 Å². The van der Waals surface area contributed by atoms with Crippen LogP contribution in [0.1, 0.15) is 24.8 Å². The van der Waals surface area contributed by atoms with Crippen LogP contribution in [-0.4, -0.2) is 10.1 Å². The number of benzene rings is 1. The van der Waals surface area contributed by atoms with Gasteiger partial charge < -0.3 is 9.52 Å². The van der Waals surface area contributed by atoms with Gasteiger partial charge in [0.15, 0.2) is 0 Å². The van der Waals surface area contributed by atoms with Crippen molar-refractivity contribution in [2.45, 2.75) is 26.4 Å². The molecular formula is C13H13ClFNO2. The molecule has 2 rings (SSSR count). The van der Waals surface area contributed by atoms with Crippen molar-refractivity contribution in [1.29, 1.82) is 0 Å². The van der Waals surface area contributed by atoms with Crippen LogP contribution in [0.25, 0.3) is 11.5 Å². The van der Waals surface area contributed by atoms with Gasteiger partial charge in [-0.05, 0) is 24.6 Å². The van der Waals surface area contributed by atoms with Gasteiger partial charge in [-0.25, -0.2) is 9.37 Å². The number of hydrogen-bond acceptors (Lipinski definition) is 3. The second-order valence-electron chi connectivity index (χ2n) is 3.93. The Kier molecular flexibility index (Phi) is 3.99. The summed E-state index contributed by atoms with van der Waals surface area (Å²) in [6.07, 6.45) is 1.60. The second-order valence-corrected chi connectivity index (χ2v) is 4.33. The van der Waals surface area contributed by atoms with Crippen molar-refractivity contribution in [3.8, 4) is 11.5 Å². The Balaban J connectivity index is 2.40. The molecule has 2 aromatic rings. The Bertz CT molecular complexity index is 554. The monoisotopic (exact) mass is 269 g/mol. The number of aryl methyl sites for hydroxylation is 1. The minimum absolute atomic E-state index is 0.0216. The molecule has 0 aliphatic carbocycles. The molecule has 3 nitrogen and oxygen atoms in total. The summed E-state index contributed by atoms with van der Waals surface area (Å²) >= 11 is 5.71. The largest absolute Gasteiger partial charge is 0.441 e. The molecule has 1 N–H and O–H groups in total. The van der Waals surface area contributed by atoms with Gasteiger partial charge in [0.05, 0.1) is 11.6 Å². The maximum Gasteiger partial charge on any atom is 0.226 e. The molecule has 0 aliphatic rings. The molecule has 1 heterocycles. The minimum atomic E-state index is -0.483. The zero-order chi connectivity index (χ0) is 13.1. The van der Waals surface area contributed by atoms with Crippen LogP contribution in [0.3, 0.4) is 0 Å². The summed E-state index contributed by atoms with van der Waals surface area (Å²) in [6.45, 7) is 1.84. The van der Waals surface area contributed by atoms with Crippen molar-refractivity contribution in [2.24, 2.45) is 0 Å². The van der Waals surface area contributed by atoms with Crippen LogP contribution in [0, 0.1) is 5.82 Å². The normalized spacial score (nSPS) is 10.9. The van der Waals surface area contributed by atoms with Gasteiger partial charge in [-0.15, -0.1) is 0 Å². The van der Waals surface area contributed by atoms with E-state index in [1.807, 2.05) is 6.92 Å². The highest BCUT2D eigenvalue weighted by Gasteiger charge is 2.14. The average Bonchev–Trinajstić information content (AvgIpc) is 2.76. The topological polar surface area (TPSA) is 46.3 Å². The van der Waals surface area contributed by atoms with E-state index in [4.69, 9.17) is 16.0 Å². The van der Waals surface area contributed by atoms with Gasteiger partial charge in [0.1, 0.15) is 17.3 Å². The number of aliphatic hydroxyl groups is 1. The molecule has 0 atom stereocenters. The van der Waals surface area contributed by atoms with Gasteiger partial charge in [-0.3, -0.25) is 0 Å². The van der Waals surface area contributed by atoms with Gasteiger partial charge >= 0.3 is 0 Å². The van der Waals surface area contributed by atoms with Crippen molar-refractivity contribution in [3.63, 3.8) is 0 Å². The first-order valence-corrected chi connectivity index (χ1v) is 6.08. The van der Waals surface area contributed by atoms with E-state index in [0.717, 1.165) is 6.42 Å². The lowest BCUT2D eigenvalue weighted by Crippen LogP contribution is -1.90. The molecule has 0 radical (unpaired) electrons. The van der Waals surface area contributed by atoms with E-state index in [1.54, 1.807) is 6.07 Å². The number of oxazole rings is 1. The zero-order valence-corrected chi connectivity index (χ0v) is 10.7. The summed E-state index contributed by atoms with van der Waals surface area (Å²) in [6, 6.07) is 4.27. The molecule has 0 spiro atoms. The van der Waals surface area contributed by atoms with Gasteiger partial charge in [0.25, 0.3) is 0 Å². The van der Waals surface area contributed by atoms with Gasteiger partial charge in [-0.2, -0.15) is 0 Å². The van der Waals surface area contributed by atoms with Crippen LogP contribution < -0.4 is 0 Å². The Morgan fingerprint density at radius 3 is 2.83 bits per heavy atom. The molecule has 1 aromatic carbocycles. The molecule has 1 aromatic heterocycles. The summed E-state index contributed by atoms with van der Waals surface area (Å²) in [4.78, 5) is 4.19. The van der Waals surface area contributed by atoms with Crippen LogP contribution in [-0.2, 0) is 13.0 Å². The first-order valence-electron chi connectivity index (χ1n) is 5.70. The molecule has 0 unspecified atom stereocenters. The summed E-state index contributed by atoms with van der Waals surface area (Å²) in [5.41, 5.74) is 1.12. The Morgan fingerprint density at radius 2 is 2.22 bits per heavy atom. The SMILES string of the molecule is CCCc1oc(-c2ccc(F)c(Cl)c2)nc1CO. The summed E-state index contributed by atoms with van der Waals surface area (Å²) in [7, 11) is 0. The molecular weight excluding hydrogens is 257 g/mol. The van der Waals surface area contributed by atoms with Crippen LogP contribution in [0.4, 0.5) is 4.39 Å². The molecule has 18 heavy (non-hydrogen) atoms. The lowest BCUT2D eigenvalue weighted by atomic mass is 10.2. The maximum absolute atomic E-state index is 13.1. The zero-order valence-electron chi connectivity index (χ0n) is 9.91. The number of halogens is 2. The van der Waals surface area contributed by atoms with Crippen LogP contribution in [0.15, 0.2) is 22.6 Å². The van der Waals surface area contributed by atoms with Crippen molar-refractivity contribution in [2.75, 3.05) is 0 Å². The molecule has 0 aliphatic heterocycles. The van der Waals surface area contributed by atoms with E-state index in [9.17, 15) is 9.50 Å². The van der Waals surface area contributed by atoms with Crippen molar-refractivity contribution in [1.82, 2.24) is 4.98 Å². The van der Waals surface area contributed by atoms with Crippen LogP contribution in [0.5, 0.6) is 0 Å². The lowest BCUT2D eigenvalue weighted by molar-refractivity contribution is 0.274. The fraction of sp³-hybridized carbons (Fsp3) is 0.308. The highest BCUT2D eigenvalue weighted by molar-refractivity contribution is 6.31. The fourth-order valence-corrected chi connectivity index (χ4v) is 1.86. The fourth-order valence-electron chi connectivity index (χ4n) is 1.68. The molecule has 0 saturated heterocycles. The molecule has 0 bridgehead atoms. The van der Waals surface area contributed by atoms with Crippen molar-refractivity contribution < 1.29 is 13.9 Å². The summed E-state index contributed by atoms with van der Waals surface area (Å²) in [5.74, 6) is 0.531. The average molecular weight is 270 g/mol. The summed E-state index contributed by atoms with van der Waals surface area (Å²) in [5, 5.41) is 9.22. The maximum atomic E-state index is 13.1. The predicted molar refractivity (Wildman–Crippen MR) is 66.8 cm³/mol. The van der Waals surface area contributed by atoms with E-state index >= 15 is 0 Å². The third-order valence-electron chi connectivity index (χ3n) is 2.57. The molecule has 5 heteroatoms. The van der Waals surface area contributed by atoms with Crippen LogP contribution >= 0.6 is 11.6 Å². The standard InChI is InChI=1S/C13H13ClFNO2/c1-2-3-12-11(7-17)16-13(18-12)8-4-5-10(15)9(14)6-8/h4-6,17H,2-3,7H2,1H3. The Labute approximate surface area is 109 Å². The molecule has 0 saturated carbocycles. The number of aromatic nitrogens is 1. The van der Waals surface area contributed by atoms with Gasteiger partial charge in [-0.1, -0.05) is 18.5 Å². The molecule has 0 amide bonds. The summed E-state index contributed by atoms with van der Waals surface area (Å²) < 4.78 is 18.6. The molecule has 96 valence electrons.